The summed E-state index contributed by atoms with van der Waals surface area (Å²) in [4.78, 5) is 27.0. The Morgan fingerprint density at radius 2 is 1.76 bits per heavy atom. The molecule has 0 amide bonds. The molecule has 2 atom stereocenters. The third-order valence-corrected chi connectivity index (χ3v) is 7.06. The molecule has 7 N–H and O–H groups in total. The zero-order chi connectivity index (χ0) is 24.4. The first-order valence-corrected chi connectivity index (χ1v) is 11.1. The summed E-state index contributed by atoms with van der Waals surface area (Å²) in [5, 5.41) is 47.6. The molecule has 1 heterocycles. The zero-order valence-corrected chi connectivity index (χ0v) is 18.6. The molecule has 2 aliphatic carbocycles. The second-order valence-electron chi connectivity index (χ2n) is 9.01. The van der Waals surface area contributed by atoms with Gasteiger partial charge in [0, 0.05) is 48.3 Å². The summed E-state index contributed by atoms with van der Waals surface area (Å²) in [7, 11) is 0. The molecule has 1 fully saturated rings. The molecule has 0 spiro atoms. The van der Waals surface area contributed by atoms with Gasteiger partial charge in [-0.1, -0.05) is 12.1 Å². The topological polar surface area (TPSA) is 172 Å². The normalized spacial score (nSPS) is 25.0. The van der Waals surface area contributed by atoms with E-state index in [2.05, 4.69) is 5.32 Å². The average molecular weight is 470 g/mol. The van der Waals surface area contributed by atoms with E-state index in [-0.39, 0.29) is 59.4 Å². The van der Waals surface area contributed by atoms with Gasteiger partial charge in [0.25, 0.3) is 0 Å². The quantitative estimate of drug-likeness (QED) is 0.298. The van der Waals surface area contributed by atoms with E-state index in [0.717, 1.165) is 0 Å². The van der Waals surface area contributed by atoms with Crippen LogP contribution in [0.5, 0.6) is 11.5 Å². The Labute approximate surface area is 194 Å². The highest BCUT2D eigenvalue weighted by molar-refractivity contribution is 6.32. The molecule has 0 aromatic heterocycles. The van der Waals surface area contributed by atoms with Crippen molar-refractivity contribution in [1.82, 2.24) is 0 Å². The van der Waals surface area contributed by atoms with E-state index >= 15 is 0 Å². The SMILES string of the molecule is CC1([C@]2(O)Cc3c(O)c4c(c(O)c3[C@@H](O)C2)C(=O)c2c(NCCN)cccc2C4=O)OCCO1. The van der Waals surface area contributed by atoms with Gasteiger partial charge in [-0.15, -0.1) is 0 Å². The van der Waals surface area contributed by atoms with Gasteiger partial charge in [0.1, 0.15) is 17.1 Å². The number of rotatable bonds is 4. The number of ether oxygens (including phenoxy) is 2. The Bertz CT molecular complexity index is 1220. The molecule has 0 bridgehead atoms. The Morgan fingerprint density at radius 1 is 1.09 bits per heavy atom. The Morgan fingerprint density at radius 3 is 2.44 bits per heavy atom. The summed E-state index contributed by atoms with van der Waals surface area (Å²) in [6.07, 6.45) is -2.00. The number of phenols is 2. The van der Waals surface area contributed by atoms with E-state index in [1.165, 1.54) is 13.0 Å². The number of carbonyl (C=O) groups excluding carboxylic acids is 2. The average Bonchev–Trinajstić information content (AvgIpc) is 3.26. The Balaban J connectivity index is 1.69. The molecule has 10 nitrogen and oxygen atoms in total. The molecule has 34 heavy (non-hydrogen) atoms. The van der Waals surface area contributed by atoms with Crippen molar-refractivity contribution >= 4 is 17.3 Å². The van der Waals surface area contributed by atoms with Crippen LogP contribution in [0.1, 0.15) is 62.4 Å². The van der Waals surface area contributed by atoms with E-state index in [1.54, 1.807) is 12.1 Å². The van der Waals surface area contributed by atoms with Crippen LogP contribution >= 0.6 is 0 Å². The molecule has 3 aliphatic rings. The van der Waals surface area contributed by atoms with Gasteiger partial charge in [-0.05, 0) is 13.0 Å². The van der Waals surface area contributed by atoms with E-state index in [1.807, 2.05) is 0 Å². The number of aliphatic hydroxyl groups excluding tert-OH is 1. The number of aliphatic hydroxyl groups is 2. The van der Waals surface area contributed by atoms with Crippen molar-refractivity contribution in [3.8, 4) is 11.5 Å². The molecular formula is C24H26N2O8. The molecule has 1 saturated heterocycles. The van der Waals surface area contributed by atoms with Crippen LogP contribution < -0.4 is 11.1 Å². The molecule has 10 heteroatoms. The number of hydrogen-bond donors (Lipinski definition) is 6. The van der Waals surface area contributed by atoms with Crippen molar-refractivity contribution in [2.45, 2.75) is 37.3 Å². The summed E-state index contributed by atoms with van der Waals surface area (Å²) in [5.74, 6) is -3.93. The second-order valence-corrected chi connectivity index (χ2v) is 9.01. The molecule has 180 valence electrons. The number of aromatic hydroxyl groups is 2. The number of phenolic OH excluding ortho intramolecular Hbond substituents is 2. The lowest BCUT2D eigenvalue weighted by atomic mass is 9.70. The number of anilines is 1. The zero-order valence-electron chi connectivity index (χ0n) is 18.6. The number of ketones is 2. The van der Waals surface area contributed by atoms with Crippen molar-refractivity contribution < 1.29 is 39.5 Å². The predicted molar refractivity (Wildman–Crippen MR) is 119 cm³/mol. The third-order valence-electron chi connectivity index (χ3n) is 7.06. The van der Waals surface area contributed by atoms with Gasteiger partial charge in [0.05, 0.1) is 36.0 Å². The summed E-state index contributed by atoms with van der Waals surface area (Å²) in [6.45, 7) is 2.67. The summed E-state index contributed by atoms with van der Waals surface area (Å²) in [5.41, 5.74) is 3.43. The van der Waals surface area contributed by atoms with Gasteiger partial charge < -0.3 is 41.0 Å². The van der Waals surface area contributed by atoms with Gasteiger partial charge >= 0.3 is 0 Å². The first-order valence-electron chi connectivity index (χ1n) is 11.1. The molecule has 0 unspecified atom stereocenters. The Hall–Kier alpha value is -3.02. The van der Waals surface area contributed by atoms with Crippen molar-refractivity contribution in [3.63, 3.8) is 0 Å². The van der Waals surface area contributed by atoms with Crippen LogP contribution in [0, 0.1) is 0 Å². The van der Waals surface area contributed by atoms with Gasteiger partial charge in [0.15, 0.2) is 17.4 Å². The third kappa shape index (κ3) is 3.00. The maximum atomic E-state index is 13.5. The Kier molecular flexibility index (Phi) is 5.19. The largest absolute Gasteiger partial charge is 0.507 e. The van der Waals surface area contributed by atoms with Gasteiger partial charge in [-0.3, -0.25) is 9.59 Å². The molecule has 0 saturated carbocycles. The molecule has 2 aromatic carbocycles. The minimum Gasteiger partial charge on any atom is -0.507 e. The van der Waals surface area contributed by atoms with E-state index < -0.39 is 40.6 Å². The minimum absolute atomic E-state index is 0.0279. The van der Waals surface area contributed by atoms with Gasteiger partial charge in [0.2, 0.25) is 0 Å². The fraction of sp³-hybridized carbons (Fsp3) is 0.417. The highest BCUT2D eigenvalue weighted by atomic mass is 16.7. The van der Waals surface area contributed by atoms with Crippen molar-refractivity contribution in [2.75, 3.05) is 31.6 Å². The molecule has 1 aliphatic heterocycles. The maximum Gasteiger partial charge on any atom is 0.200 e. The summed E-state index contributed by atoms with van der Waals surface area (Å²) >= 11 is 0. The van der Waals surface area contributed by atoms with Crippen molar-refractivity contribution in [2.24, 2.45) is 5.73 Å². The molecular weight excluding hydrogens is 444 g/mol. The predicted octanol–water partition coefficient (Wildman–Crippen LogP) is 0.717. The van der Waals surface area contributed by atoms with Crippen LogP contribution in [0.4, 0.5) is 5.69 Å². The second kappa shape index (κ2) is 7.76. The van der Waals surface area contributed by atoms with Crippen LogP contribution in [-0.4, -0.2) is 69.7 Å². The smallest absolute Gasteiger partial charge is 0.200 e. The molecule has 2 aromatic rings. The summed E-state index contributed by atoms with van der Waals surface area (Å²) in [6, 6.07) is 4.69. The highest BCUT2D eigenvalue weighted by Crippen LogP contribution is 2.53. The number of hydrogen-bond acceptors (Lipinski definition) is 10. The standard InChI is InChI=1S/C24H26N2O8/c1-23(33-7-8-34-23)24(32)9-12-16(14(27)10-24)22(31)18-17(20(12)29)19(28)11-3-2-4-13(26-6-5-25)15(11)21(18)30/h2-4,14,26-27,29,31-32H,5-10,25H2,1H3/t14-,24-/m0/s1. The van der Waals surface area contributed by atoms with Crippen LogP contribution in [-0.2, 0) is 15.9 Å². The minimum atomic E-state index is -1.76. The fourth-order valence-corrected chi connectivity index (χ4v) is 5.29. The highest BCUT2D eigenvalue weighted by Gasteiger charge is 2.56. The molecule has 0 radical (unpaired) electrons. The molecule has 5 rings (SSSR count). The lowest BCUT2D eigenvalue weighted by Crippen LogP contribution is -2.57. The van der Waals surface area contributed by atoms with Crippen LogP contribution in [0.25, 0.3) is 0 Å². The first kappa shape index (κ1) is 22.8. The monoisotopic (exact) mass is 470 g/mol. The van der Waals surface area contributed by atoms with Crippen LogP contribution in [0.3, 0.4) is 0 Å². The van der Waals surface area contributed by atoms with E-state index in [0.29, 0.717) is 18.8 Å². The maximum absolute atomic E-state index is 13.5. The lowest BCUT2D eigenvalue weighted by molar-refractivity contribution is -0.269. The van der Waals surface area contributed by atoms with Gasteiger partial charge in [-0.25, -0.2) is 0 Å². The van der Waals surface area contributed by atoms with E-state index in [4.69, 9.17) is 15.2 Å². The van der Waals surface area contributed by atoms with Crippen molar-refractivity contribution in [3.05, 3.63) is 51.6 Å². The van der Waals surface area contributed by atoms with E-state index in [9.17, 15) is 30.0 Å². The van der Waals surface area contributed by atoms with Gasteiger partial charge in [-0.2, -0.15) is 0 Å². The number of fused-ring (bicyclic) bond motifs is 3. The number of nitrogens with two attached hydrogens (primary N) is 1. The fourth-order valence-electron chi connectivity index (χ4n) is 5.29. The number of nitrogens with one attached hydrogen (secondary N) is 1. The van der Waals surface area contributed by atoms with Crippen molar-refractivity contribution in [1.29, 1.82) is 0 Å². The first-order chi connectivity index (χ1) is 16.1. The van der Waals surface area contributed by atoms with Crippen LogP contribution in [0.15, 0.2) is 18.2 Å². The number of carbonyl (C=O) groups is 2. The van der Waals surface area contributed by atoms with Crippen LogP contribution in [0.2, 0.25) is 0 Å². The lowest BCUT2D eigenvalue weighted by Gasteiger charge is -2.45. The summed E-state index contributed by atoms with van der Waals surface area (Å²) < 4.78 is 11.2. The number of benzene rings is 2.